The van der Waals surface area contributed by atoms with Crippen molar-refractivity contribution in [2.24, 2.45) is 0 Å². The summed E-state index contributed by atoms with van der Waals surface area (Å²) < 4.78 is 3.21. The van der Waals surface area contributed by atoms with Crippen LogP contribution in [-0.4, -0.2) is 29.6 Å². The van der Waals surface area contributed by atoms with Gasteiger partial charge in [0.25, 0.3) is 0 Å². The lowest BCUT2D eigenvalue weighted by atomic mass is 10.2. The third-order valence-corrected chi connectivity index (χ3v) is 3.26. The summed E-state index contributed by atoms with van der Waals surface area (Å²) in [7, 11) is 0. The molecule has 20 heavy (non-hydrogen) atoms. The van der Waals surface area contributed by atoms with Crippen LogP contribution < -0.4 is 10.2 Å². The molecule has 0 spiro atoms. The van der Waals surface area contributed by atoms with Crippen LogP contribution in [0.15, 0.2) is 24.3 Å². The molecule has 1 heterocycles. The fraction of sp³-hybridized carbons (Fsp3) is 0.462. The molecule has 0 aliphatic carbocycles. The van der Waals surface area contributed by atoms with Crippen molar-refractivity contribution in [2.75, 3.05) is 29.9 Å². The lowest BCUT2D eigenvalue weighted by Crippen LogP contribution is -2.21. The van der Waals surface area contributed by atoms with Gasteiger partial charge >= 0.3 is 6.09 Å². The molecule has 1 saturated heterocycles. The van der Waals surface area contributed by atoms with E-state index in [2.05, 4.69) is 10.2 Å². The number of anilines is 2. The number of halogens is 3. The normalized spacial score (nSPS) is 15.2. The molecular weight excluding hydrogens is 323 g/mol. The summed E-state index contributed by atoms with van der Waals surface area (Å²) in [6, 6.07) is 7.60. The summed E-state index contributed by atoms with van der Waals surface area (Å²) in [5.74, 6) is 0. The third kappa shape index (κ3) is 4.93. The van der Waals surface area contributed by atoms with Crippen LogP contribution in [0.2, 0.25) is 0 Å². The molecular formula is C13H15Cl3N2O2. The fourth-order valence-corrected chi connectivity index (χ4v) is 2.22. The maximum Gasteiger partial charge on any atom is 0.411 e. The lowest BCUT2D eigenvalue weighted by molar-refractivity contribution is 0.164. The van der Waals surface area contributed by atoms with Crippen molar-refractivity contribution in [3.05, 3.63) is 24.3 Å². The van der Waals surface area contributed by atoms with E-state index in [1.165, 1.54) is 12.8 Å². The van der Waals surface area contributed by atoms with Gasteiger partial charge in [0, 0.05) is 24.5 Å². The molecule has 1 aliphatic heterocycles. The predicted octanol–water partition coefficient (Wildman–Crippen LogP) is 4.21. The van der Waals surface area contributed by atoms with Crippen molar-refractivity contribution < 1.29 is 9.53 Å². The first-order valence-electron chi connectivity index (χ1n) is 6.29. The Bertz CT molecular complexity index is 471. The van der Waals surface area contributed by atoms with Crippen LogP contribution in [0.1, 0.15) is 12.8 Å². The third-order valence-electron chi connectivity index (χ3n) is 2.93. The molecule has 1 aliphatic rings. The van der Waals surface area contributed by atoms with Gasteiger partial charge in [0.2, 0.25) is 3.79 Å². The molecule has 0 radical (unpaired) electrons. The van der Waals surface area contributed by atoms with Crippen molar-refractivity contribution in [1.29, 1.82) is 0 Å². The van der Waals surface area contributed by atoms with E-state index in [0.29, 0.717) is 5.69 Å². The monoisotopic (exact) mass is 336 g/mol. The average Bonchev–Trinajstić information content (AvgIpc) is 2.90. The number of nitrogens with zero attached hydrogens (tertiary/aromatic N) is 1. The van der Waals surface area contributed by atoms with E-state index in [0.717, 1.165) is 18.8 Å². The number of alkyl halides is 3. The SMILES string of the molecule is O=C(Nc1cccc(N2CCCC2)c1)OCC(Cl)(Cl)Cl. The van der Waals surface area contributed by atoms with Gasteiger partial charge in [0.05, 0.1) is 0 Å². The van der Waals surface area contributed by atoms with Crippen molar-refractivity contribution in [2.45, 2.75) is 16.6 Å². The Balaban J connectivity index is 1.92. The van der Waals surface area contributed by atoms with Gasteiger partial charge in [0.1, 0.15) is 6.61 Å². The molecule has 0 saturated carbocycles. The Kier molecular flexibility index (Phi) is 5.24. The van der Waals surface area contributed by atoms with Gasteiger partial charge in [0.15, 0.2) is 0 Å². The highest BCUT2D eigenvalue weighted by molar-refractivity contribution is 6.67. The highest BCUT2D eigenvalue weighted by Gasteiger charge is 2.22. The maximum atomic E-state index is 11.6. The van der Waals surface area contributed by atoms with Crippen molar-refractivity contribution in [1.82, 2.24) is 0 Å². The molecule has 0 unspecified atom stereocenters. The van der Waals surface area contributed by atoms with E-state index in [9.17, 15) is 4.79 Å². The molecule has 1 amide bonds. The number of carbonyl (C=O) groups is 1. The molecule has 110 valence electrons. The smallest absolute Gasteiger partial charge is 0.411 e. The topological polar surface area (TPSA) is 41.6 Å². The highest BCUT2D eigenvalue weighted by Crippen LogP contribution is 2.26. The minimum Gasteiger partial charge on any atom is -0.445 e. The molecule has 7 heteroatoms. The van der Waals surface area contributed by atoms with E-state index in [1.54, 1.807) is 6.07 Å². The van der Waals surface area contributed by atoms with Crippen LogP contribution in [0.25, 0.3) is 0 Å². The number of ether oxygens (including phenoxy) is 1. The van der Waals surface area contributed by atoms with Crippen LogP contribution in [0.3, 0.4) is 0 Å². The van der Waals surface area contributed by atoms with E-state index >= 15 is 0 Å². The Hall–Kier alpha value is -0.840. The standard InChI is InChI=1S/C13H15Cl3N2O2/c14-13(15,16)9-20-12(19)17-10-4-3-5-11(8-10)18-6-1-2-7-18/h3-5,8H,1-2,6-7,9H2,(H,17,19). The minimum absolute atomic E-state index is 0.296. The highest BCUT2D eigenvalue weighted by atomic mass is 35.6. The fourth-order valence-electron chi connectivity index (χ4n) is 2.06. The zero-order valence-corrected chi connectivity index (χ0v) is 13.0. The summed E-state index contributed by atoms with van der Waals surface area (Å²) >= 11 is 16.5. The number of nitrogens with one attached hydrogen (secondary N) is 1. The molecule has 1 N–H and O–H groups in total. The van der Waals surface area contributed by atoms with Gasteiger partial charge in [-0.05, 0) is 31.0 Å². The first-order chi connectivity index (χ1) is 9.44. The van der Waals surface area contributed by atoms with Gasteiger partial charge in [-0.3, -0.25) is 5.32 Å². The number of rotatable bonds is 3. The zero-order chi connectivity index (χ0) is 14.6. The van der Waals surface area contributed by atoms with E-state index in [1.807, 2.05) is 18.2 Å². The largest absolute Gasteiger partial charge is 0.445 e. The number of hydrogen-bond acceptors (Lipinski definition) is 3. The summed E-state index contributed by atoms with van der Waals surface area (Å²) in [5, 5.41) is 2.61. The average molecular weight is 338 g/mol. The predicted molar refractivity (Wildman–Crippen MR) is 83.1 cm³/mol. The van der Waals surface area contributed by atoms with E-state index < -0.39 is 9.89 Å². The van der Waals surface area contributed by atoms with Gasteiger partial charge in [-0.25, -0.2) is 4.79 Å². The molecule has 0 atom stereocenters. The van der Waals surface area contributed by atoms with Crippen LogP contribution in [0.4, 0.5) is 16.2 Å². The minimum atomic E-state index is -1.60. The van der Waals surface area contributed by atoms with Gasteiger partial charge in [-0.1, -0.05) is 40.9 Å². The van der Waals surface area contributed by atoms with Crippen LogP contribution in [0, 0.1) is 0 Å². The molecule has 0 bridgehead atoms. The molecule has 4 nitrogen and oxygen atoms in total. The second-order valence-electron chi connectivity index (χ2n) is 4.56. The van der Waals surface area contributed by atoms with Crippen LogP contribution in [-0.2, 0) is 4.74 Å². The van der Waals surface area contributed by atoms with Gasteiger partial charge in [-0.2, -0.15) is 0 Å². The summed E-state index contributed by atoms with van der Waals surface area (Å²) in [4.78, 5) is 13.8. The first kappa shape index (κ1) is 15.5. The second kappa shape index (κ2) is 6.74. The maximum absolute atomic E-state index is 11.6. The Morgan fingerprint density at radius 3 is 2.65 bits per heavy atom. The number of carbonyl (C=O) groups excluding carboxylic acids is 1. The Morgan fingerprint density at radius 2 is 2.00 bits per heavy atom. The number of benzene rings is 1. The quantitative estimate of drug-likeness (QED) is 0.840. The van der Waals surface area contributed by atoms with E-state index in [-0.39, 0.29) is 6.61 Å². The molecule has 1 aromatic rings. The number of amides is 1. The van der Waals surface area contributed by atoms with Crippen LogP contribution >= 0.6 is 34.8 Å². The van der Waals surface area contributed by atoms with Gasteiger partial charge < -0.3 is 9.64 Å². The number of hydrogen-bond donors (Lipinski definition) is 1. The molecule has 1 fully saturated rings. The Labute approximate surface area is 132 Å². The summed E-state index contributed by atoms with van der Waals surface area (Å²) in [6.07, 6.45) is 1.75. The van der Waals surface area contributed by atoms with Crippen molar-refractivity contribution >= 4 is 52.3 Å². The summed E-state index contributed by atoms with van der Waals surface area (Å²) in [5.41, 5.74) is 1.74. The first-order valence-corrected chi connectivity index (χ1v) is 7.43. The molecule has 2 rings (SSSR count). The van der Waals surface area contributed by atoms with Crippen molar-refractivity contribution in [3.63, 3.8) is 0 Å². The lowest BCUT2D eigenvalue weighted by Gasteiger charge is -2.18. The van der Waals surface area contributed by atoms with E-state index in [4.69, 9.17) is 39.5 Å². The second-order valence-corrected chi connectivity index (χ2v) is 7.08. The zero-order valence-electron chi connectivity index (χ0n) is 10.7. The molecule has 1 aromatic carbocycles. The molecule has 0 aromatic heterocycles. The van der Waals surface area contributed by atoms with Crippen molar-refractivity contribution in [3.8, 4) is 0 Å². The van der Waals surface area contributed by atoms with Crippen LogP contribution in [0.5, 0.6) is 0 Å². The van der Waals surface area contributed by atoms with Gasteiger partial charge in [-0.15, -0.1) is 0 Å². The summed E-state index contributed by atoms with van der Waals surface area (Å²) in [6.45, 7) is 1.79. The Morgan fingerprint density at radius 1 is 1.30 bits per heavy atom.